The molecule has 0 atom stereocenters. The number of carboxylic acids is 1. The first-order valence-electron chi connectivity index (χ1n) is 7.85. The molecule has 0 spiro atoms. The van der Waals surface area contributed by atoms with Gasteiger partial charge in [0, 0.05) is 14.6 Å². The van der Waals surface area contributed by atoms with Crippen molar-refractivity contribution in [1.29, 1.82) is 0 Å². The van der Waals surface area contributed by atoms with Gasteiger partial charge in [-0.1, -0.05) is 0 Å². The second-order valence-corrected chi connectivity index (χ2v) is 8.45. The molecule has 24 heavy (non-hydrogen) atoms. The van der Waals surface area contributed by atoms with Crippen molar-refractivity contribution in [1.82, 2.24) is 0 Å². The number of carbonyl (C=O) groups is 1. The summed E-state index contributed by atoms with van der Waals surface area (Å²) in [5.41, 5.74) is 4.94. The maximum absolute atomic E-state index is 11.3. The third kappa shape index (κ3) is 3.32. The van der Waals surface area contributed by atoms with Crippen LogP contribution in [0.1, 0.15) is 54.7 Å². The molecule has 0 saturated carbocycles. The van der Waals surface area contributed by atoms with Crippen LogP contribution in [0.5, 0.6) is 0 Å². The summed E-state index contributed by atoms with van der Waals surface area (Å²) in [5, 5.41) is 18.0. The van der Waals surface area contributed by atoms with E-state index < -0.39 is 5.97 Å². The van der Waals surface area contributed by atoms with Crippen molar-refractivity contribution in [3.63, 3.8) is 0 Å². The van der Waals surface area contributed by atoms with E-state index in [0.717, 1.165) is 34.6 Å². The molecule has 6 heteroatoms. The maximum Gasteiger partial charge on any atom is 0.345 e. The Labute approximate surface area is 149 Å². The van der Waals surface area contributed by atoms with Crippen molar-refractivity contribution in [3.05, 3.63) is 42.8 Å². The molecule has 2 aromatic heterocycles. The first-order chi connectivity index (χ1) is 11.5. The minimum absolute atomic E-state index is 0.272. The number of aryl methyl sites for hydroxylation is 2. The SMILES string of the molecule is Cc1sc(COCO)cc1C1=C(c2cc(C(=O)O)sc2C)CCC1. The minimum Gasteiger partial charge on any atom is -0.477 e. The first kappa shape index (κ1) is 17.4. The standard InChI is InChI=1S/C18H20O4S2/c1-10-15(6-12(23-10)8-22-9-19)13-4-3-5-14(13)16-7-17(18(20)21)24-11(16)2/h6-7,19H,3-5,8-9H2,1-2H3,(H,20,21). The number of aromatic carboxylic acids is 1. The topological polar surface area (TPSA) is 66.8 Å². The van der Waals surface area contributed by atoms with Crippen LogP contribution in [0.15, 0.2) is 12.1 Å². The Bertz CT molecular complexity index is 798. The molecule has 0 aromatic carbocycles. The predicted molar refractivity (Wildman–Crippen MR) is 97.6 cm³/mol. The summed E-state index contributed by atoms with van der Waals surface area (Å²) in [5.74, 6) is -0.857. The molecule has 1 aliphatic carbocycles. The van der Waals surface area contributed by atoms with Crippen molar-refractivity contribution < 1.29 is 19.7 Å². The van der Waals surface area contributed by atoms with Gasteiger partial charge in [-0.05, 0) is 67.5 Å². The van der Waals surface area contributed by atoms with Crippen LogP contribution in [-0.2, 0) is 11.3 Å². The zero-order valence-electron chi connectivity index (χ0n) is 13.7. The van der Waals surface area contributed by atoms with Gasteiger partial charge in [0.1, 0.15) is 11.7 Å². The summed E-state index contributed by atoms with van der Waals surface area (Å²) in [6, 6.07) is 3.97. The van der Waals surface area contributed by atoms with Gasteiger partial charge in [0.05, 0.1) is 6.61 Å². The van der Waals surface area contributed by atoms with E-state index in [0.29, 0.717) is 11.5 Å². The molecule has 0 unspecified atom stereocenters. The number of aliphatic hydroxyl groups is 1. The number of carboxylic acid groups (broad SMARTS) is 1. The number of hydrogen-bond acceptors (Lipinski definition) is 5. The Kier molecular flexibility index (Phi) is 5.20. The van der Waals surface area contributed by atoms with Gasteiger partial charge < -0.3 is 14.9 Å². The van der Waals surface area contributed by atoms with E-state index in [1.54, 1.807) is 11.3 Å². The van der Waals surface area contributed by atoms with E-state index in [9.17, 15) is 9.90 Å². The van der Waals surface area contributed by atoms with Crippen LogP contribution in [-0.4, -0.2) is 23.0 Å². The normalized spacial score (nSPS) is 14.6. The van der Waals surface area contributed by atoms with Gasteiger partial charge in [-0.15, -0.1) is 22.7 Å². The number of rotatable bonds is 6. The van der Waals surface area contributed by atoms with E-state index >= 15 is 0 Å². The van der Waals surface area contributed by atoms with E-state index in [1.807, 2.05) is 13.0 Å². The number of allylic oxidation sites excluding steroid dienone is 2. The highest BCUT2D eigenvalue weighted by atomic mass is 32.1. The molecule has 2 aromatic rings. The van der Waals surface area contributed by atoms with Crippen molar-refractivity contribution in [2.24, 2.45) is 0 Å². The minimum atomic E-state index is -0.857. The van der Waals surface area contributed by atoms with Gasteiger partial charge in [0.2, 0.25) is 0 Å². The molecule has 0 aliphatic heterocycles. The number of hydrogen-bond donors (Lipinski definition) is 2. The average Bonchev–Trinajstić information content (AvgIpc) is 3.22. The summed E-state index contributed by atoms with van der Waals surface area (Å²) in [7, 11) is 0. The van der Waals surface area contributed by atoms with Gasteiger partial charge in [-0.25, -0.2) is 4.79 Å². The Hall–Kier alpha value is -1.47. The fourth-order valence-electron chi connectivity index (χ4n) is 3.29. The highest BCUT2D eigenvalue weighted by Crippen LogP contribution is 2.44. The molecule has 128 valence electrons. The second-order valence-electron chi connectivity index (χ2n) is 5.86. The van der Waals surface area contributed by atoms with Gasteiger partial charge in [0.15, 0.2) is 0 Å². The van der Waals surface area contributed by atoms with E-state index in [-0.39, 0.29) is 6.79 Å². The second kappa shape index (κ2) is 7.19. The van der Waals surface area contributed by atoms with Crippen molar-refractivity contribution in [3.8, 4) is 0 Å². The molecule has 2 N–H and O–H groups in total. The monoisotopic (exact) mass is 364 g/mol. The van der Waals surface area contributed by atoms with Crippen LogP contribution < -0.4 is 0 Å². The fraction of sp³-hybridized carbons (Fsp3) is 0.389. The highest BCUT2D eigenvalue weighted by molar-refractivity contribution is 7.14. The first-order valence-corrected chi connectivity index (χ1v) is 9.49. The molecular weight excluding hydrogens is 344 g/mol. The van der Waals surface area contributed by atoms with Gasteiger partial charge in [-0.3, -0.25) is 0 Å². The number of thiophene rings is 2. The summed E-state index contributed by atoms with van der Waals surface area (Å²) >= 11 is 3.04. The highest BCUT2D eigenvalue weighted by Gasteiger charge is 2.23. The van der Waals surface area contributed by atoms with Gasteiger partial charge in [0.25, 0.3) is 0 Å². The molecule has 4 nitrogen and oxygen atoms in total. The Morgan fingerprint density at radius 2 is 1.75 bits per heavy atom. The summed E-state index contributed by atoms with van der Waals surface area (Å²) in [6.45, 7) is 4.25. The molecule has 1 aliphatic rings. The van der Waals surface area contributed by atoms with Crippen LogP contribution in [0.2, 0.25) is 0 Å². The molecule has 0 saturated heterocycles. The van der Waals surface area contributed by atoms with Crippen LogP contribution >= 0.6 is 22.7 Å². The molecule has 3 rings (SSSR count). The zero-order valence-corrected chi connectivity index (χ0v) is 15.4. The van der Waals surface area contributed by atoms with Gasteiger partial charge >= 0.3 is 5.97 Å². The Morgan fingerprint density at radius 1 is 1.12 bits per heavy atom. The molecule has 0 fully saturated rings. The molecule has 0 amide bonds. The maximum atomic E-state index is 11.3. The van der Waals surface area contributed by atoms with Crippen molar-refractivity contribution in [2.75, 3.05) is 6.79 Å². The van der Waals surface area contributed by atoms with Crippen LogP contribution in [0.4, 0.5) is 0 Å². The van der Waals surface area contributed by atoms with Crippen LogP contribution in [0.3, 0.4) is 0 Å². The predicted octanol–water partition coefficient (Wildman–Crippen LogP) is 4.69. The molecule has 0 bridgehead atoms. The summed E-state index contributed by atoms with van der Waals surface area (Å²) < 4.78 is 5.10. The third-order valence-electron chi connectivity index (χ3n) is 4.30. The molecular formula is C18H20O4S2. The Morgan fingerprint density at radius 3 is 2.33 bits per heavy atom. The zero-order chi connectivity index (χ0) is 17.3. The fourth-order valence-corrected chi connectivity index (χ4v) is 5.18. The third-order valence-corrected chi connectivity index (χ3v) is 6.36. The number of ether oxygens (including phenoxy) is 1. The van der Waals surface area contributed by atoms with E-state index in [2.05, 4.69) is 13.0 Å². The van der Waals surface area contributed by atoms with Crippen LogP contribution in [0, 0.1) is 13.8 Å². The lowest BCUT2D eigenvalue weighted by molar-refractivity contribution is -0.0101. The van der Waals surface area contributed by atoms with Gasteiger partial charge in [-0.2, -0.15) is 0 Å². The summed E-state index contributed by atoms with van der Waals surface area (Å²) in [6.07, 6.45) is 3.11. The molecule has 2 heterocycles. The van der Waals surface area contributed by atoms with Crippen molar-refractivity contribution >= 4 is 39.8 Å². The molecule has 0 radical (unpaired) electrons. The quantitative estimate of drug-likeness (QED) is 0.730. The lowest BCUT2D eigenvalue weighted by Gasteiger charge is -2.07. The lowest BCUT2D eigenvalue weighted by Crippen LogP contribution is -1.91. The smallest absolute Gasteiger partial charge is 0.345 e. The average molecular weight is 364 g/mol. The lowest BCUT2D eigenvalue weighted by atomic mass is 9.97. The van der Waals surface area contributed by atoms with E-state index in [4.69, 9.17) is 9.84 Å². The Balaban J connectivity index is 2.01. The number of aliphatic hydroxyl groups excluding tert-OH is 1. The van der Waals surface area contributed by atoms with Crippen molar-refractivity contribution in [2.45, 2.75) is 39.7 Å². The largest absolute Gasteiger partial charge is 0.477 e. The summed E-state index contributed by atoms with van der Waals surface area (Å²) in [4.78, 5) is 15.1. The van der Waals surface area contributed by atoms with E-state index in [1.165, 1.54) is 32.9 Å². The van der Waals surface area contributed by atoms with Crippen LogP contribution in [0.25, 0.3) is 11.1 Å².